The van der Waals surface area contributed by atoms with Gasteiger partial charge in [0.2, 0.25) is 5.91 Å². The molecule has 0 bridgehead atoms. The van der Waals surface area contributed by atoms with Crippen LogP contribution in [0.4, 0.5) is 0 Å². The van der Waals surface area contributed by atoms with E-state index in [1.54, 1.807) is 0 Å². The topological polar surface area (TPSA) is 66.6 Å². The number of carbonyl (C=O) groups excluding carboxylic acids is 1. The highest BCUT2D eigenvalue weighted by molar-refractivity contribution is 5.76. The molecule has 4 heteroatoms. The van der Waals surface area contributed by atoms with Crippen LogP contribution in [0.2, 0.25) is 0 Å². The Bertz CT molecular complexity index is 221. The summed E-state index contributed by atoms with van der Waals surface area (Å²) >= 11 is 0. The van der Waals surface area contributed by atoms with Crippen LogP contribution < -0.4 is 5.73 Å². The Hall–Kier alpha value is -0.610. The summed E-state index contributed by atoms with van der Waals surface area (Å²) in [4.78, 5) is 13.8. The second-order valence-corrected chi connectivity index (χ2v) is 4.78. The zero-order valence-corrected chi connectivity index (χ0v) is 10.2. The van der Waals surface area contributed by atoms with Crippen molar-refractivity contribution in [2.24, 2.45) is 11.7 Å². The van der Waals surface area contributed by atoms with E-state index >= 15 is 0 Å². The Morgan fingerprint density at radius 1 is 1.62 bits per heavy atom. The average Bonchev–Trinajstić information content (AvgIpc) is 2.29. The molecule has 1 saturated heterocycles. The van der Waals surface area contributed by atoms with E-state index in [1.165, 1.54) is 0 Å². The molecular weight excluding hydrogens is 204 g/mol. The third-order valence-electron chi connectivity index (χ3n) is 3.23. The smallest absolute Gasteiger partial charge is 0.224 e. The zero-order valence-electron chi connectivity index (χ0n) is 10.2. The van der Waals surface area contributed by atoms with Crippen LogP contribution in [-0.4, -0.2) is 41.7 Å². The third kappa shape index (κ3) is 4.10. The van der Waals surface area contributed by atoms with E-state index in [1.807, 2.05) is 4.90 Å². The maximum atomic E-state index is 11.9. The lowest BCUT2D eigenvalue weighted by molar-refractivity contribution is -0.133. The molecule has 3 N–H and O–H groups in total. The van der Waals surface area contributed by atoms with E-state index in [2.05, 4.69) is 6.92 Å². The van der Waals surface area contributed by atoms with Crippen LogP contribution in [0, 0.1) is 5.92 Å². The van der Waals surface area contributed by atoms with E-state index in [4.69, 9.17) is 10.8 Å². The van der Waals surface area contributed by atoms with Crippen molar-refractivity contribution >= 4 is 5.91 Å². The van der Waals surface area contributed by atoms with Gasteiger partial charge in [0.1, 0.15) is 0 Å². The van der Waals surface area contributed by atoms with E-state index in [0.717, 1.165) is 32.2 Å². The summed E-state index contributed by atoms with van der Waals surface area (Å²) in [7, 11) is 0. The van der Waals surface area contributed by atoms with Crippen molar-refractivity contribution in [2.75, 3.05) is 19.7 Å². The molecule has 94 valence electrons. The number of nitrogens with two attached hydrogens (primary N) is 1. The van der Waals surface area contributed by atoms with Crippen LogP contribution in [0.25, 0.3) is 0 Å². The van der Waals surface area contributed by atoms with Crippen molar-refractivity contribution < 1.29 is 9.90 Å². The van der Waals surface area contributed by atoms with Gasteiger partial charge >= 0.3 is 0 Å². The van der Waals surface area contributed by atoms with Crippen LogP contribution in [-0.2, 0) is 4.79 Å². The lowest BCUT2D eigenvalue weighted by atomic mass is 9.98. The van der Waals surface area contributed by atoms with Gasteiger partial charge in [-0.2, -0.15) is 0 Å². The molecular formula is C12H24N2O2. The second-order valence-electron chi connectivity index (χ2n) is 4.78. The summed E-state index contributed by atoms with van der Waals surface area (Å²) in [5, 5.41) is 9.09. The van der Waals surface area contributed by atoms with Crippen molar-refractivity contribution in [2.45, 2.75) is 45.1 Å². The minimum absolute atomic E-state index is 0.00740. The van der Waals surface area contributed by atoms with Crippen LogP contribution in [0.5, 0.6) is 0 Å². The summed E-state index contributed by atoms with van der Waals surface area (Å²) in [5.74, 6) is 0.416. The summed E-state index contributed by atoms with van der Waals surface area (Å²) in [6.07, 6.45) is 4.41. The van der Waals surface area contributed by atoms with Gasteiger partial charge in [0.05, 0.1) is 0 Å². The molecule has 0 spiro atoms. The Morgan fingerprint density at radius 2 is 2.38 bits per heavy atom. The van der Waals surface area contributed by atoms with E-state index in [0.29, 0.717) is 13.0 Å². The first-order chi connectivity index (χ1) is 7.67. The third-order valence-corrected chi connectivity index (χ3v) is 3.23. The molecule has 1 amide bonds. The molecule has 1 aliphatic heterocycles. The number of aliphatic hydroxyl groups is 1. The van der Waals surface area contributed by atoms with Crippen molar-refractivity contribution in [3.63, 3.8) is 0 Å². The first-order valence-corrected chi connectivity index (χ1v) is 6.31. The molecule has 1 heterocycles. The SMILES string of the molecule is CCCC(N)CC(=O)N1CCCC(CO)C1. The van der Waals surface area contributed by atoms with Gasteiger partial charge in [-0.25, -0.2) is 0 Å². The molecule has 16 heavy (non-hydrogen) atoms. The first-order valence-electron chi connectivity index (χ1n) is 6.31. The second kappa shape index (κ2) is 6.86. The number of nitrogens with zero attached hydrogens (tertiary/aromatic N) is 1. The summed E-state index contributed by atoms with van der Waals surface area (Å²) in [5.41, 5.74) is 5.86. The predicted octanol–water partition coefficient (Wildman–Crippen LogP) is 0.735. The highest BCUT2D eigenvalue weighted by atomic mass is 16.3. The normalized spacial score (nSPS) is 23.2. The Morgan fingerprint density at radius 3 is 3.00 bits per heavy atom. The quantitative estimate of drug-likeness (QED) is 0.729. The van der Waals surface area contributed by atoms with Crippen molar-refractivity contribution in [3.8, 4) is 0 Å². The molecule has 0 radical (unpaired) electrons. The van der Waals surface area contributed by atoms with Gasteiger partial charge in [-0.05, 0) is 25.2 Å². The Labute approximate surface area is 97.8 Å². The molecule has 0 aromatic heterocycles. The van der Waals surface area contributed by atoms with Crippen molar-refractivity contribution in [1.82, 2.24) is 4.90 Å². The predicted molar refractivity (Wildman–Crippen MR) is 63.9 cm³/mol. The van der Waals surface area contributed by atoms with Crippen LogP contribution in [0.1, 0.15) is 39.0 Å². The highest BCUT2D eigenvalue weighted by Crippen LogP contribution is 2.17. The average molecular weight is 228 g/mol. The van der Waals surface area contributed by atoms with Gasteiger partial charge < -0.3 is 15.7 Å². The summed E-state index contributed by atoms with van der Waals surface area (Å²) < 4.78 is 0. The van der Waals surface area contributed by atoms with Crippen LogP contribution in [0.3, 0.4) is 0 Å². The molecule has 2 unspecified atom stereocenters. The van der Waals surface area contributed by atoms with E-state index in [-0.39, 0.29) is 24.5 Å². The Balaban J connectivity index is 2.35. The lowest BCUT2D eigenvalue weighted by Crippen LogP contribution is -2.43. The van der Waals surface area contributed by atoms with Gasteiger partial charge in [0, 0.05) is 32.2 Å². The maximum absolute atomic E-state index is 11.9. The molecule has 1 aliphatic rings. The van der Waals surface area contributed by atoms with Gasteiger partial charge in [-0.15, -0.1) is 0 Å². The fourth-order valence-corrected chi connectivity index (χ4v) is 2.27. The van der Waals surface area contributed by atoms with Gasteiger partial charge in [0.25, 0.3) is 0 Å². The fraction of sp³-hybridized carbons (Fsp3) is 0.917. The molecule has 0 aliphatic carbocycles. The largest absolute Gasteiger partial charge is 0.396 e. The number of aliphatic hydroxyl groups excluding tert-OH is 1. The summed E-state index contributed by atoms with van der Waals surface area (Å²) in [6, 6.07) is -0.00740. The van der Waals surface area contributed by atoms with Crippen molar-refractivity contribution in [1.29, 1.82) is 0 Å². The number of piperidine rings is 1. The fourth-order valence-electron chi connectivity index (χ4n) is 2.27. The molecule has 0 aromatic rings. The van der Waals surface area contributed by atoms with Crippen LogP contribution >= 0.6 is 0 Å². The first kappa shape index (κ1) is 13.5. The standard InChI is InChI=1S/C12H24N2O2/c1-2-4-11(13)7-12(16)14-6-3-5-10(8-14)9-15/h10-11,15H,2-9,13H2,1H3. The molecule has 0 aromatic carbocycles. The molecule has 0 saturated carbocycles. The number of carbonyl (C=O) groups is 1. The minimum Gasteiger partial charge on any atom is -0.396 e. The lowest BCUT2D eigenvalue weighted by Gasteiger charge is -2.32. The minimum atomic E-state index is -0.00740. The molecule has 1 fully saturated rings. The van der Waals surface area contributed by atoms with Gasteiger partial charge in [0.15, 0.2) is 0 Å². The number of rotatable bonds is 5. The van der Waals surface area contributed by atoms with Crippen molar-refractivity contribution in [3.05, 3.63) is 0 Å². The Kier molecular flexibility index (Phi) is 5.77. The van der Waals surface area contributed by atoms with E-state index in [9.17, 15) is 4.79 Å². The maximum Gasteiger partial charge on any atom is 0.224 e. The van der Waals surface area contributed by atoms with Gasteiger partial charge in [-0.3, -0.25) is 4.79 Å². The molecule has 4 nitrogen and oxygen atoms in total. The number of hydrogen-bond acceptors (Lipinski definition) is 3. The molecule has 1 rings (SSSR count). The van der Waals surface area contributed by atoms with Crippen LogP contribution in [0.15, 0.2) is 0 Å². The number of hydrogen-bond donors (Lipinski definition) is 2. The van der Waals surface area contributed by atoms with E-state index < -0.39 is 0 Å². The number of likely N-dealkylation sites (tertiary alicyclic amines) is 1. The highest BCUT2D eigenvalue weighted by Gasteiger charge is 2.23. The molecule has 2 atom stereocenters. The number of amides is 1. The summed E-state index contributed by atoms with van der Waals surface area (Å²) in [6.45, 7) is 3.79. The van der Waals surface area contributed by atoms with Gasteiger partial charge in [-0.1, -0.05) is 13.3 Å². The zero-order chi connectivity index (χ0) is 12.0. The monoisotopic (exact) mass is 228 g/mol.